The van der Waals surface area contributed by atoms with Crippen molar-refractivity contribution in [1.29, 1.82) is 0 Å². The third kappa shape index (κ3) is 3.51. The topological polar surface area (TPSA) is 68.2 Å². The molecule has 0 aliphatic heterocycles. The number of imidazole rings is 1. The van der Waals surface area contributed by atoms with Crippen molar-refractivity contribution < 1.29 is 0 Å². The van der Waals surface area contributed by atoms with Crippen LogP contribution in [-0.2, 0) is 6.54 Å². The fourth-order valence-corrected chi connectivity index (χ4v) is 3.62. The van der Waals surface area contributed by atoms with Crippen LogP contribution in [0, 0.1) is 5.92 Å². The average Bonchev–Trinajstić information content (AvgIpc) is 3.10. The summed E-state index contributed by atoms with van der Waals surface area (Å²) in [5, 5.41) is 8.27. The van der Waals surface area contributed by atoms with Gasteiger partial charge in [-0.3, -0.25) is 0 Å². The number of hydrogen-bond acceptors (Lipinski definition) is 4. The van der Waals surface area contributed by atoms with E-state index in [0.717, 1.165) is 40.7 Å². The van der Waals surface area contributed by atoms with Crippen molar-refractivity contribution in [3.8, 4) is 11.3 Å². The summed E-state index contributed by atoms with van der Waals surface area (Å²) >= 11 is 0. The van der Waals surface area contributed by atoms with E-state index in [1.807, 2.05) is 22.8 Å². The van der Waals surface area contributed by atoms with E-state index in [1.54, 1.807) is 0 Å². The lowest BCUT2D eigenvalue weighted by atomic mass is 9.89. The molecule has 130 valence electrons. The van der Waals surface area contributed by atoms with Gasteiger partial charge in [-0.25, -0.2) is 9.50 Å². The molecule has 5 nitrogen and oxygen atoms in total. The highest BCUT2D eigenvalue weighted by atomic mass is 15.3. The normalized spacial score (nSPS) is 15.6. The molecule has 1 saturated carbocycles. The molecule has 0 spiro atoms. The van der Waals surface area contributed by atoms with Crippen LogP contribution in [0.15, 0.2) is 42.6 Å². The monoisotopic (exact) mass is 335 g/mol. The molecule has 5 heteroatoms. The fraction of sp³-hybridized carbons (Fsp3) is 0.400. The van der Waals surface area contributed by atoms with Gasteiger partial charge in [-0.1, -0.05) is 43.5 Å². The summed E-state index contributed by atoms with van der Waals surface area (Å²) in [6.45, 7) is 1.56. The van der Waals surface area contributed by atoms with Crippen molar-refractivity contribution in [2.45, 2.75) is 38.6 Å². The molecular weight excluding hydrogens is 310 g/mol. The van der Waals surface area contributed by atoms with E-state index in [2.05, 4.69) is 34.6 Å². The number of hydrogen-bond donors (Lipinski definition) is 2. The standard InChI is InChI=1S/C20H25N5/c21-12-15-6-8-17(9-7-15)18-14-23-20-11-10-19(24-25(18)20)22-13-16-4-2-1-3-5-16/h6-11,14,16H,1-5,12-13,21H2,(H,22,24). The van der Waals surface area contributed by atoms with Gasteiger partial charge in [-0.05, 0) is 36.5 Å². The molecule has 0 amide bonds. The summed E-state index contributed by atoms with van der Waals surface area (Å²) in [7, 11) is 0. The third-order valence-corrected chi connectivity index (χ3v) is 5.14. The first kappa shape index (κ1) is 16.1. The molecule has 1 aromatic carbocycles. The van der Waals surface area contributed by atoms with Crippen LogP contribution in [0.4, 0.5) is 5.82 Å². The summed E-state index contributed by atoms with van der Waals surface area (Å²) in [5.41, 5.74) is 9.77. The fourth-order valence-electron chi connectivity index (χ4n) is 3.62. The van der Waals surface area contributed by atoms with Gasteiger partial charge in [0.2, 0.25) is 0 Å². The Kier molecular flexibility index (Phi) is 4.65. The SMILES string of the molecule is NCc1ccc(-c2cnc3ccc(NCC4CCCCC4)nn23)cc1. The largest absolute Gasteiger partial charge is 0.368 e. The summed E-state index contributed by atoms with van der Waals surface area (Å²) < 4.78 is 1.92. The van der Waals surface area contributed by atoms with Gasteiger partial charge >= 0.3 is 0 Å². The minimum atomic E-state index is 0.556. The lowest BCUT2D eigenvalue weighted by Gasteiger charge is -2.21. The maximum absolute atomic E-state index is 5.69. The zero-order valence-corrected chi connectivity index (χ0v) is 14.5. The number of aromatic nitrogens is 3. The summed E-state index contributed by atoms with van der Waals surface area (Å²) in [4.78, 5) is 4.48. The maximum Gasteiger partial charge on any atom is 0.154 e. The zero-order valence-electron chi connectivity index (χ0n) is 14.5. The van der Waals surface area contributed by atoms with Crippen molar-refractivity contribution in [3.63, 3.8) is 0 Å². The summed E-state index contributed by atoms with van der Waals surface area (Å²) in [6, 6.07) is 12.3. The van der Waals surface area contributed by atoms with Crippen LogP contribution in [0.1, 0.15) is 37.7 Å². The Balaban J connectivity index is 1.56. The van der Waals surface area contributed by atoms with Crippen LogP contribution in [0.2, 0.25) is 0 Å². The highest BCUT2D eigenvalue weighted by Crippen LogP contribution is 2.24. The predicted molar refractivity (Wildman–Crippen MR) is 101 cm³/mol. The lowest BCUT2D eigenvalue weighted by Crippen LogP contribution is -2.18. The molecule has 1 aliphatic rings. The van der Waals surface area contributed by atoms with Crippen LogP contribution < -0.4 is 11.1 Å². The van der Waals surface area contributed by atoms with E-state index in [4.69, 9.17) is 10.8 Å². The Morgan fingerprint density at radius 3 is 2.60 bits per heavy atom. The van der Waals surface area contributed by atoms with Crippen molar-refractivity contribution >= 4 is 11.5 Å². The highest BCUT2D eigenvalue weighted by molar-refractivity contribution is 5.63. The molecule has 2 aromatic heterocycles. The average molecular weight is 335 g/mol. The van der Waals surface area contributed by atoms with Crippen molar-refractivity contribution in [3.05, 3.63) is 48.2 Å². The first-order valence-electron chi connectivity index (χ1n) is 9.21. The van der Waals surface area contributed by atoms with Crippen molar-refractivity contribution in [2.75, 3.05) is 11.9 Å². The zero-order chi connectivity index (χ0) is 17.1. The second-order valence-corrected chi connectivity index (χ2v) is 6.92. The molecule has 1 aliphatic carbocycles. The quantitative estimate of drug-likeness (QED) is 0.743. The van der Waals surface area contributed by atoms with E-state index in [-0.39, 0.29) is 0 Å². The van der Waals surface area contributed by atoms with Crippen LogP contribution in [0.3, 0.4) is 0 Å². The lowest BCUT2D eigenvalue weighted by molar-refractivity contribution is 0.373. The van der Waals surface area contributed by atoms with Gasteiger partial charge in [-0.2, -0.15) is 0 Å². The molecule has 1 fully saturated rings. The maximum atomic E-state index is 5.69. The van der Waals surface area contributed by atoms with Crippen molar-refractivity contribution in [1.82, 2.24) is 14.6 Å². The van der Waals surface area contributed by atoms with Crippen molar-refractivity contribution in [2.24, 2.45) is 11.7 Å². The first-order valence-corrected chi connectivity index (χ1v) is 9.21. The molecule has 0 bridgehead atoms. The molecular formula is C20H25N5. The third-order valence-electron chi connectivity index (χ3n) is 5.14. The molecule has 25 heavy (non-hydrogen) atoms. The molecule has 0 atom stereocenters. The van der Waals surface area contributed by atoms with Gasteiger partial charge in [0.05, 0.1) is 11.9 Å². The Labute approximate surface area is 148 Å². The molecule has 2 heterocycles. The molecule has 4 rings (SSSR count). The van der Waals surface area contributed by atoms with Crippen LogP contribution >= 0.6 is 0 Å². The van der Waals surface area contributed by atoms with Crippen LogP contribution in [0.25, 0.3) is 16.9 Å². The van der Waals surface area contributed by atoms with E-state index >= 15 is 0 Å². The van der Waals surface area contributed by atoms with Crippen LogP contribution in [-0.4, -0.2) is 21.1 Å². The Morgan fingerprint density at radius 2 is 1.84 bits per heavy atom. The number of nitrogens with one attached hydrogen (secondary N) is 1. The van der Waals surface area contributed by atoms with Gasteiger partial charge in [-0.15, -0.1) is 5.10 Å². The molecule has 3 N–H and O–H groups in total. The minimum Gasteiger partial charge on any atom is -0.368 e. The van der Waals surface area contributed by atoms with Gasteiger partial charge in [0.1, 0.15) is 5.82 Å². The highest BCUT2D eigenvalue weighted by Gasteiger charge is 2.14. The second kappa shape index (κ2) is 7.23. The van der Waals surface area contributed by atoms with Gasteiger partial charge in [0.15, 0.2) is 5.65 Å². The van der Waals surface area contributed by atoms with E-state index in [9.17, 15) is 0 Å². The van der Waals surface area contributed by atoms with E-state index in [1.165, 1.54) is 32.1 Å². The second-order valence-electron chi connectivity index (χ2n) is 6.92. The number of nitrogens with zero attached hydrogens (tertiary/aromatic N) is 3. The van der Waals surface area contributed by atoms with Gasteiger partial charge < -0.3 is 11.1 Å². The number of rotatable bonds is 5. The van der Waals surface area contributed by atoms with Gasteiger partial charge in [0.25, 0.3) is 0 Å². The summed E-state index contributed by atoms with van der Waals surface area (Å²) in [5.74, 6) is 1.69. The number of nitrogens with two attached hydrogens (primary N) is 1. The summed E-state index contributed by atoms with van der Waals surface area (Å²) in [6.07, 6.45) is 8.66. The first-order chi connectivity index (χ1) is 12.3. The number of fused-ring (bicyclic) bond motifs is 1. The molecule has 3 aromatic rings. The Morgan fingerprint density at radius 1 is 1.04 bits per heavy atom. The van der Waals surface area contributed by atoms with Crippen LogP contribution in [0.5, 0.6) is 0 Å². The number of anilines is 1. The Hall–Kier alpha value is -2.40. The molecule has 0 unspecified atom stereocenters. The Bertz CT molecular complexity index is 831. The number of benzene rings is 1. The van der Waals surface area contributed by atoms with E-state index < -0.39 is 0 Å². The van der Waals surface area contributed by atoms with Gasteiger partial charge in [0, 0.05) is 18.7 Å². The molecule has 0 radical (unpaired) electrons. The molecule has 0 saturated heterocycles. The minimum absolute atomic E-state index is 0.556. The predicted octanol–water partition coefficient (Wildman–Crippen LogP) is 3.85. The van der Waals surface area contributed by atoms with E-state index in [0.29, 0.717) is 6.54 Å². The smallest absolute Gasteiger partial charge is 0.154 e.